The van der Waals surface area contributed by atoms with Crippen LogP contribution in [-0.2, 0) is 29.1 Å². The summed E-state index contributed by atoms with van der Waals surface area (Å²) in [7, 11) is -2.91. The second kappa shape index (κ2) is 7.60. The Labute approximate surface area is 159 Å². The van der Waals surface area contributed by atoms with Gasteiger partial charge >= 0.3 is 0 Å². The molecule has 0 N–H and O–H groups in total. The van der Waals surface area contributed by atoms with Gasteiger partial charge in [-0.15, -0.1) is 5.10 Å². The van der Waals surface area contributed by atoms with E-state index in [0.29, 0.717) is 18.7 Å². The lowest BCUT2D eigenvalue weighted by molar-refractivity contribution is 0.558. The molecule has 1 aromatic carbocycles. The summed E-state index contributed by atoms with van der Waals surface area (Å²) >= 11 is 0. The Balaban J connectivity index is 1.57. The zero-order valence-electron chi connectivity index (χ0n) is 15.0. The van der Waals surface area contributed by atoms with Crippen LogP contribution in [0.15, 0.2) is 54.7 Å². The smallest absolute Gasteiger partial charge is 0.155 e. The van der Waals surface area contributed by atoms with E-state index >= 15 is 0 Å². The second-order valence-corrected chi connectivity index (χ2v) is 9.23. The molecule has 3 aromatic rings. The standard InChI is InChI=1S/C20H22N4O2S/c25-27(26)13-11-17(15-27)14-20-22-18(10-9-16-6-2-1-3-7-16)23-24(20)19-8-4-5-12-21-19/h1-8,12,17H,9-11,13-15H2/t17-/m1/s1. The summed E-state index contributed by atoms with van der Waals surface area (Å²) < 4.78 is 25.4. The van der Waals surface area contributed by atoms with Crippen molar-refractivity contribution in [3.63, 3.8) is 0 Å². The monoisotopic (exact) mass is 382 g/mol. The molecule has 0 unspecified atom stereocenters. The van der Waals surface area contributed by atoms with Crippen LogP contribution in [-0.4, -0.2) is 39.7 Å². The van der Waals surface area contributed by atoms with Crippen LogP contribution in [0.25, 0.3) is 5.82 Å². The molecule has 1 saturated heterocycles. The average Bonchev–Trinajstić information content (AvgIpc) is 3.24. The number of aryl methyl sites for hydroxylation is 2. The predicted octanol–water partition coefficient (Wildman–Crippen LogP) is 2.42. The molecule has 0 bridgehead atoms. The van der Waals surface area contributed by atoms with E-state index in [1.807, 2.05) is 36.4 Å². The number of benzene rings is 1. The molecule has 0 saturated carbocycles. The van der Waals surface area contributed by atoms with Gasteiger partial charge < -0.3 is 0 Å². The van der Waals surface area contributed by atoms with Crippen molar-refractivity contribution in [2.24, 2.45) is 5.92 Å². The molecule has 0 amide bonds. The molecule has 1 atom stereocenters. The van der Waals surface area contributed by atoms with Gasteiger partial charge in [-0.05, 0) is 36.5 Å². The van der Waals surface area contributed by atoms with Gasteiger partial charge in [0.15, 0.2) is 21.5 Å². The van der Waals surface area contributed by atoms with Crippen molar-refractivity contribution in [3.8, 4) is 5.82 Å². The summed E-state index contributed by atoms with van der Waals surface area (Å²) in [6.45, 7) is 0. The summed E-state index contributed by atoms with van der Waals surface area (Å²) in [5.41, 5.74) is 1.25. The number of hydrogen-bond acceptors (Lipinski definition) is 5. The zero-order chi connectivity index (χ0) is 18.7. The Kier molecular flexibility index (Phi) is 5.03. The fourth-order valence-corrected chi connectivity index (χ4v) is 5.35. The van der Waals surface area contributed by atoms with Gasteiger partial charge in [0.05, 0.1) is 11.5 Å². The van der Waals surface area contributed by atoms with Crippen molar-refractivity contribution in [3.05, 3.63) is 71.9 Å². The first kappa shape index (κ1) is 17.9. The third kappa shape index (κ3) is 4.42. The van der Waals surface area contributed by atoms with Crippen LogP contribution in [0.1, 0.15) is 23.6 Å². The van der Waals surface area contributed by atoms with Gasteiger partial charge in [-0.1, -0.05) is 36.4 Å². The van der Waals surface area contributed by atoms with Crippen LogP contribution in [0, 0.1) is 5.92 Å². The Hall–Kier alpha value is -2.54. The predicted molar refractivity (Wildman–Crippen MR) is 103 cm³/mol. The molecule has 140 valence electrons. The van der Waals surface area contributed by atoms with E-state index < -0.39 is 9.84 Å². The van der Waals surface area contributed by atoms with E-state index in [1.165, 1.54) is 5.56 Å². The van der Waals surface area contributed by atoms with E-state index in [1.54, 1.807) is 10.9 Å². The maximum absolute atomic E-state index is 11.8. The van der Waals surface area contributed by atoms with Crippen molar-refractivity contribution >= 4 is 9.84 Å². The minimum Gasteiger partial charge on any atom is -0.237 e. The number of nitrogens with zero attached hydrogens (tertiary/aromatic N) is 4. The zero-order valence-corrected chi connectivity index (χ0v) is 15.8. The third-order valence-corrected chi connectivity index (χ3v) is 6.70. The molecular weight excluding hydrogens is 360 g/mol. The Morgan fingerprint density at radius 3 is 2.56 bits per heavy atom. The quantitative estimate of drug-likeness (QED) is 0.654. The molecule has 0 radical (unpaired) electrons. The van der Waals surface area contributed by atoms with Crippen molar-refractivity contribution < 1.29 is 8.42 Å². The summed E-state index contributed by atoms with van der Waals surface area (Å²) in [5, 5.41) is 4.67. The lowest BCUT2D eigenvalue weighted by Crippen LogP contribution is -2.12. The lowest BCUT2D eigenvalue weighted by atomic mass is 10.1. The number of hydrogen-bond donors (Lipinski definition) is 0. The summed E-state index contributed by atoms with van der Waals surface area (Å²) in [6.07, 6.45) is 4.62. The molecule has 0 spiro atoms. The molecule has 7 heteroatoms. The van der Waals surface area contributed by atoms with E-state index in [9.17, 15) is 8.42 Å². The van der Waals surface area contributed by atoms with Gasteiger partial charge in [0.25, 0.3) is 0 Å². The second-order valence-electron chi connectivity index (χ2n) is 7.00. The fourth-order valence-electron chi connectivity index (χ4n) is 3.48. The van der Waals surface area contributed by atoms with Gasteiger partial charge in [-0.2, -0.15) is 4.68 Å². The van der Waals surface area contributed by atoms with Crippen LogP contribution in [0.3, 0.4) is 0 Å². The number of aromatic nitrogens is 4. The molecule has 2 aromatic heterocycles. The summed E-state index contributed by atoms with van der Waals surface area (Å²) in [5.74, 6) is 2.88. The molecule has 0 aliphatic carbocycles. The maximum Gasteiger partial charge on any atom is 0.155 e. The van der Waals surface area contributed by atoms with E-state index in [-0.39, 0.29) is 17.4 Å². The molecule has 1 aliphatic heterocycles. The van der Waals surface area contributed by atoms with Gasteiger partial charge in [-0.25, -0.2) is 18.4 Å². The molecule has 6 nitrogen and oxygen atoms in total. The molecule has 4 rings (SSSR count). The highest BCUT2D eigenvalue weighted by atomic mass is 32.2. The van der Waals surface area contributed by atoms with Crippen molar-refractivity contribution in [1.82, 2.24) is 19.7 Å². The molecule has 1 fully saturated rings. The summed E-state index contributed by atoms with van der Waals surface area (Å²) in [4.78, 5) is 9.12. The first-order valence-corrected chi connectivity index (χ1v) is 11.0. The first-order valence-electron chi connectivity index (χ1n) is 9.20. The van der Waals surface area contributed by atoms with Crippen LogP contribution >= 0.6 is 0 Å². The largest absolute Gasteiger partial charge is 0.237 e. The Morgan fingerprint density at radius 2 is 1.85 bits per heavy atom. The minimum atomic E-state index is -2.91. The number of pyridine rings is 1. The van der Waals surface area contributed by atoms with Crippen LogP contribution in [0.4, 0.5) is 0 Å². The highest BCUT2D eigenvalue weighted by Crippen LogP contribution is 2.23. The molecular formula is C20H22N4O2S. The van der Waals surface area contributed by atoms with Crippen molar-refractivity contribution in [2.75, 3.05) is 11.5 Å². The van der Waals surface area contributed by atoms with E-state index in [0.717, 1.165) is 24.5 Å². The van der Waals surface area contributed by atoms with E-state index in [4.69, 9.17) is 4.98 Å². The van der Waals surface area contributed by atoms with Crippen LogP contribution in [0.5, 0.6) is 0 Å². The molecule has 3 heterocycles. The topological polar surface area (TPSA) is 77.7 Å². The molecule has 27 heavy (non-hydrogen) atoms. The van der Waals surface area contributed by atoms with Gasteiger partial charge in [0.1, 0.15) is 5.82 Å². The van der Waals surface area contributed by atoms with E-state index in [2.05, 4.69) is 22.2 Å². The number of sulfone groups is 1. The highest BCUT2D eigenvalue weighted by molar-refractivity contribution is 7.91. The third-order valence-electron chi connectivity index (χ3n) is 4.86. The minimum absolute atomic E-state index is 0.101. The highest BCUT2D eigenvalue weighted by Gasteiger charge is 2.29. The fraction of sp³-hybridized carbons (Fsp3) is 0.350. The van der Waals surface area contributed by atoms with Gasteiger partial charge in [0, 0.05) is 19.0 Å². The Bertz CT molecular complexity index is 1000. The average molecular weight is 382 g/mol. The van der Waals surface area contributed by atoms with Crippen LogP contribution in [0.2, 0.25) is 0 Å². The summed E-state index contributed by atoms with van der Waals surface area (Å²) in [6, 6.07) is 15.9. The SMILES string of the molecule is O=S1(=O)CC[C@H](Cc2nc(CCc3ccccc3)nn2-c2ccccn2)C1. The first-order chi connectivity index (χ1) is 13.1. The van der Waals surface area contributed by atoms with Crippen molar-refractivity contribution in [2.45, 2.75) is 25.7 Å². The van der Waals surface area contributed by atoms with Crippen molar-refractivity contribution in [1.29, 1.82) is 0 Å². The van der Waals surface area contributed by atoms with Gasteiger partial charge in [0.2, 0.25) is 0 Å². The number of rotatable bonds is 6. The van der Waals surface area contributed by atoms with Crippen LogP contribution < -0.4 is 0 Å². The Morgan fingerprint density at radius 1 is 1.04 bits per heavy atom. The van der Waals surface area contributed by atoms with Gasteiger partial charge in [-0.3, -0.25) is 0 Å². The maximum atomic E-state index is 11.8. The molecule has 1 aliphatic rings. The normalized spacial score (nSPS) is 18.6. The lowest BCUT2D eigenvalue weighted by Gasteiger charge is -2.08.